The third-order valence-electron chi connectivity index (χ3n) is 6.30. The van der Waals surface area contributed by atoms with Gasteiger partial charge in [0.15, 0.2) is 0 Å². The van der Waals surface area contributed by atoms with Crippen molar-refractivity contribution in [2.75, 3.05) is 38.5 Å². The van der Waals surface area contributed by atoms with Gasteiger partial charge >= 0.3 is 230 Å². The Labute approximate surface area is 229 Å². The number of aromatic nitrogens is 1. The first-order chi connectivity index (χ1) is 18.2. The summed E-state index contributed by atoms with van der Waals surface area (Å²) in [6, 6.07) is 9.68. The van der Waals surface area contributed by atoms with Crippen LogP contribution in [0.2, 0.25) is 0 Å². The number of ether oxygens (including phenoxy) is 4. The van der Waals surface area contributed by atoms with Gasteiger partial charge in [0.25, 0.3) is 0 Å². The van der Waals surface area contributed by atoms with E-state index >= 15 is 0 Å². The molecule has 1 aromatic heterocycles. The molecule has 0 aliphatic carbocycles. The van der Waals surface area contributed by atoms with Crippen molar-refractivity contribution in [2.24, 2.45) is 0 Å². The predicted octanol–water partition coefficient (Wildman–Crippen LogP) is 4.04. The summed E-state index contributed by atoms with van der Waals surface area (Å²) in [5.74, 6) is 3.25. The summed E-state index contributed by atoms with van der Waals surface area (Å²) >= 11 is -0.0524. The molecule has 1 aliphatic rings. The number of methoxy groups -OCH3 is 3. The first-order valence-electron chi connectivity index (χ1n) is 12.3. The van der Waals surface area contributed by atoms with Crippen LogP contribution in [0.4, 0.5) is 5.69 Å². The summed E-state index contributed by atoms with van der Waals surface area (Å²) in [7, 11) is 0.796. The molecule has 0 spiro atoms. The minimum atomic E-state index is -4.05. The van der Waals surface area contributed by atoms with Crippen molar-refractivity contribution in [1.29, 1.82) is 0 Å². The second kappa shape index (κ2) is 11.8. The van der Waals surface area contributed by atoms with Crippen LogP contribution in [0.5, 0.6) is 23.0 Å². The topological polar surface area (TPSA) is 98.4 Å². The van der Waals surface area contributed by atoms with Crippen molar-refractivity contribution in [1.82, 2.24) is 0 Å². The number of anilines is 1. The molecule has 38 heavy (non-hydrogen) atoms. The molecule has 0 saturated heterocycles. The maximum atomic E-state index is 11.4. The Kier molecular flexibility index (Phi) is 8.72. The molecule has 0 saturated carbocycles. The van der Waals surface area contributed by atoms with Crippen LogP contribution < -0.4 is 28.4 Å². The van der Waals surface area contributed by atoms with E-state index in [4.69, 9.17) is 18.9 Å². The van der Waals surface area contributed by atoms with Crippen LogP contribution in [0.1, 0.15) is 31.3 Å². The Hall–Kier alpha value is -2.98. The molecule has 3 aromatic rings. The van der Waals surface area contributed by atoms with Gasteiger partial charge in [-0.05, 0) is 0 Å². The van der Waals surface area contributed by atoms with Gasteiger partial charge in [-0.25, -0.2) is 0 Å². The van der Waals surface area contributed by atoms with E-state index in [0.29, 0.717) is 18.0 Å². The molecule has 0 atom stereocenters. The van der Waals surface area contributed by atoms with Gasteiger partial charge in [-0.3, -0.25) is 0 Å². The number of benzene rings is 2. The Bertz CT molecular complexity index is 1490. The monoisotopic (exact) mass is 609 g/mol. The first kappa shape index (κ1) is 28.0. The average Bonchev–Trinajstić information content (AvgIpc) is 3.42. The third-order valence-corrected chi connectivity index (χ3v) is 9.40. The van der Waals surface area contributed by atoms with Gasteiger partial charge in [-0.15, -0.1) is 0 Å². The average molecular weight is 609 g/mol. The number of rotatable bonds is 11. The summed E-state index contributed by atoms with van der Waals surface area (Å²) in [6.45, 7) is 5.33. The van der Waals surface area contributed by atoms with Gasteiger partial charge in [0.2, 0.25) is 0 Å². The van der Waals surface area contributed by atoms with E-state index in [1.807, 2.05) is 30.3 Å². The normalized spacial score (nSPS) is 14.6. The van der Waals surface area contributed by atoms with Crippen LogP contribution in [0.15, 0.2) is 47.9 Å². The van der Waals surface area contributed by atoms with Crippen molar-refractivity contribution in [3.05, 3.63) is 52.4 Å². The quantitative estimate of drug-likeness (QED) is 0.198. The summed E-state index contributed by atoms with van der Waals surface area (Å²) in [4.78, 5) is 2.11. The van der Waals surface area contributed by atoms with Crippen molar-refractivity contribution in [3.8, 4) is 23.0 Å². The van der Waals surface area contributed by atoms with E-state index in [2.05, 4.69) is 35.5 Å². The molecule has 204 valence electrons. The molecule has 11 heteroatoms. The third kappa shape index (κ3) is 6.02. The van der Waals surface area contributed by atoms with Gasteiger partial charge in [0, 0.05) is 0 Å². The van der Waals surface area contributed by atoms with E-state index in [-0.39, 0.29) is 26.7 Å². The van der Waals surface area contributed by atoms with E-state index < -0.39 is 10.1 Å². The predicted molar refractivity (Wildman–Crippen MR) is 148 cm³/mol. The summed E-state index contributed by atoms with van der Waals surface area (Å²) in [5.41, 5.74) is 2.99. The molecule has 2 aromatic carbocycles. The molecule has 4 rings (SSSR count). The number of hydrogen-bond acceptors (Lipinski definition) is 7. The van der Waals surface area contributed by atoms with Crippen molar-refractivity contribution in [2.45, 2.75) is 33.2 Å². The van der Waals surface area contributed by atoms with Crippen LogP contribution in [-0.4, -0.2) is 61.1 Å². The molecule has 0 unspecified atom stereocenters. The molecule has 1 aliphatic heterocycles. The molecule has 9 nitrogen and oxygen atoms in total. The summed E-state index contributed by atoms with van der Waals surface area (Å²) < 4.78 is 59.0. The molecule has 0 fully saturated rings. The Morgan fingerprint density at radius 3 is 2.47 bits per heavy atom. The number of hydrogen-bond donors (Lipinski definition) is 1. The van der Waals surface area contributed by atoms with Gasteiger partial charge in [-0.2, -0.15) is 0 Å². The summed E-state index contributed by atoms with van der Waals surface area (Å²) in [5, 5.41) is 0. The molecule has 0 bridgehead atoms. The van der Waals surface area contributed by atoms with Crippen molar-refractivity contribution < 1.29 is 36.5 Å². The molecule has 2 heterocycles. The molecular formula is C27H33N2O7SSe+. The van der Waals surface area contributed by atoms with Gasteiger partial charge in [0.05, 0.1) is 0 Å². The Balaban J connectivity index is 1.77. The van der Waals surface area contributed by atoms with E-state index in [1.165, 1.54) is 0 Å². The van der Waals surface area contributed by atoms with Crippen molar-refractivity contribution >= 4 is 46.2 Å². The van der Waals surface area contributed by atoms with Crippen LogP contribution >= 0.6 is 0 Å². The van der Waals surface area contributed by atoms with Crippen LogP contribution in [-0.2, 0) is 16.7 Å². The SMILES string of the molecule is CCC(=Cc1[se]c2cc(OC)c(OC)cc2[n+]1CCCS(=O)(=O)O)C=C1Oc2ccc(OC)cc2N1CC. The van der Waals surface area contributed by atoms with E-state index in [1.54, 1.807) is 21.3 Å². The van der Waals surface area contributed by atoms with Crippen LogP contribution in [0.25, 0.3) is 15.9 Å². The Morgan fingerprint density at radius 1 is 1.11 bits per heavy atom. The number of allylic oxidation sites excluding steroid dienone is 2. The first-order valence-corrected chi connectivity index (χ1v) is 15.6. The zero-order valence-electron chi connectivity index (χ0n) is 22.2. The van der Waals surface area contributed by atoms with Crippen LogP contribution in [0.3, 0.4) is 0 Å². The summed E-state index contributed by atoms with van der Waals surface area (Å²) in [6.07, 6.45) is 5.26. The number of aryl methyl sites for hydroxylation is 1. The minimum absolute atomic E-state index is 0.0524. The van der Waals surface area contributed by atoms with Gasteiger partial charge < -0.3 is 0 Å². The maximum absolute atomic E-state index is 11.4. The molecule has 0 amide bonds. The number of nitrogens with zero attached hydrogens (tertiary/aromatic N) is 2. The molecular weight excluding hydrogens is 575 g/mol. The standard InChI is InChI=1S/C27H32N2O7SSe/c1-6-18(13-26-28(7-2)20-15-19(33-3)9-10-22(20)36-26)14-27-29(11-8-12-37(30,31)32)21-16-23(34-4)24(35-5)17-25(21)38-27/h9-10,13-17H,6-8,11-12H2,1-5H3/p+1. The fourth-order valence-corrected chi connectivity index (χ4v) is 7.34. The van der Waals surface area contributed by atoms with E-state index in [0.717, 1.165) is 56.0 Å². The zero-order chi connectivity index (χ0) is 27.4. The van der Waals surface area contributed by atoms with E-state index in [9.17, 15) is 13.0 Å². The molecule has 1 N–H and O–H groups in total. The van der Waals surface area contributed by atoms with Crippen LogP contribution in [0, 0.1) is 0 Å². The second-order valence-corrected chi connectivity index (χ2v) is 12.4. The van der Waals surface area contributed by atoms with Crippen molar-refractivity contribution in [3.63, 3.8) is 0 Å². The van der Waals surface area contributed by atoms with Gasteiger partial charge in [-0.1, -0.05) is 0 Å². The Morgan fingerprint density at radius 2 is 1.84 bits per heavy atom. The molecule has 0 radical (unpaired) electrons. The fraction of sp³-hybridized carbons (Fsp3) is 0.370. The number of fused-ring (bicyclic) bond motifs is 2. The second-order valence-electron chi connectivity index (χ2n) is 8.64. The fourth-order valence-electron chi connectivity index (χ4n) is 4.38. The van der Waals surface area contributed by atoms with Gasteiger partial charge in [0.1, 0.15) is 0 Å². The zero-order valence-corrected chi connectivity index (χ0v) is 24.7.